The molecule has 1 aliphatic carbocycles. The number of fused-ring (bicyclic) bond motifs is 3. The quantitative estimate of drug-likeness (QED) is 0.333. The maximum atomic E-state index is 9.41. The van der Waals surface area contributed by atoms with E-state index >= 15 is 0 Å². The van der Waals surface area contributed by atoms with Crippen molar-refractivity contribution in [3.05, 3.63) is 113 Å². The number of hydrogen-bond donors (Lipinski definition) is 0. The lowest BCUT2D eigenvalue weighted by Crippen LogP contribution is -2.09. The van der Waals surface area contributed by atoms with Gasteiger partial charge in [0.1, 0.15) is 11.8 Å². The van der Waals surface area contributed by atoms with Crippen molar-refractivity contribution in [1.29, 1.82) is 10.5 Å². The summed E-state index contributed by atoms with van der Waals surface area (Å²) in [6.45, 7) is 0. The molecule has 0 saturated heterocycles. The first-order valence-corrected chi connectivity index (χ1v) is 11.8. The third-order valence-corrected chi connectivity index (χ3v) is 6.98. The molecule has 0 radical (unpaired) electrons. The van der Waals surface area contributed by atoms with Crippen molar-refractivity contribution in [3.63, 3.8) is 0 Å². The molecule has 4 aromatic rings. The highest BCUT2D eigenvalue weighted by molar-refractivity contribution is 6.09. The second-order valence-electron chi connectivity index (χ2n) is 9.01. The number of rotatable bonds is 3. The zero-order chi connectivity index (χ0) is 23.8. The van der Waals surface area contributed by atoms with Crippen LogP contribution in [0.15, 0.2) is 107 Å². The molecule has 166 valence electrons. The largest absolute Gasteiger partial charge is 0.309 e. The highest BCUT2D eigenvalue weighted by atomic mass is 15.0. The van der Waals surface area contributed by atoms with E-state index in [2.05, 4.69) is 82.4 Å². The van der Waals surface area contributed by atoms with Crippen LogP contribution in [0.5, 0.6) is 0 Å². The van der Waals surface area contributed by atoms with E-state index in [0.717, 1.165) is 40.3 Å². The number of benzene rings is 3. The lowest BCUT2D eigenvalue weighted by molar-refractivity contribution is 0.765. The minimum absolute atomic E-state index is 0.224. The van der Waals surface area contributed by atoms with E-state index in [9.17, 15) is 10.5 Å². The van der Waals surface area contributed by atoms with Gasteiger partial charge in [-0.25, -0.2) is 0 Å². The maximum Gasteiger partial charge on any atom is 0.136 e. The average Bonchev–Trinajstić information content (AvgIpc) is 3.27. The fraction of sp³-hybridized carbons (Fsp3) is 0.129. The van der Waals surface area contributed by atoms with Gasteiger partial charge in [0.05, 0.1) is 22.7 Å². The Morgan fingerprint density at radius 2 is 1.71 bits per heavy atom. The Hall–Kier alpha value is -4.67. The maximum absolute atomic E-state index is 9.41. The number of aromatic nitrogens is 1. The molecule has 0 fully saturated rings. The van der Waals surface area contributed by atoms with Crippen molar-refractivity contribution in [2.24, 2.45) is 10.9 Å². The Kier molecular flexibility index (Phi) is 5.13. The third-order valence-electron chi connectivity index (χ3n) is 6.98. The van der Waals surface area contributed by atoms with E-state index < -0.39 is 0 Å². The highest BCUT2D eigenvalue weighted by Gasteiger charge is 2.19. The molecule has 4 nitrogen and oxygen atoms in total. The van der Waals surface area contributed by atoms with Crippen LogP contribution in [0.4, 0.5) is 0 Å². The summed E-state index contributed by atoms with van der Waals surface area (Å²) in [7, 11) is 0. The van der Waals surface area contributed by atoms with Gasteiger partial charge in [-0.15, -0.1) is 0 Å². The minimum Gasteiger partial charge on any atom is -0.309 e. The predicted octanol–water partition coefficient (Wildman–Crippen LogP) is 7.12. The van der Waals surface area contributed by atoms with E-state index in [1.807, 2.05) is 36.6 Å². The third kappa shape index (κ3) is 3.66. The van der Waals surface area contributed by atoms with Gasteiger partial charge in [0.25, 0.3) is 0 Å². The Morgan fingerprint density at radius 3 is 2.54 bits per heavy atom. The number of hydrogen-bond acceptors (Lipinski definition) is 3. The summed E-state index contributed by atoms with van der Waals surface area (Å²) in [5.41, 5.74) is 7.05. The summed E-state index contributed by atoms with van der Waals surface area (Å²) < 4.78 is 2.29. The first-order valence-electron chi connectivity index (χ1n) is 11.8. The van der Waals surface area contributed by atoms with Crippen LogP contribution in [0.1, 0.15) is 29.9 Å². The van der Waals surface area contributed by atoms with Crippen molar-refractivity contribution >= 4 is 28.0 Å². The van der Waals surface area contributed by atoms with E-state index in [4.69, 9.17) is 0 Å². The van der Waals surface area contributed by atoms with E-state index in [1.54, 1.807) is 0 Å². The molecular formula is C31H22N4. The molecule has 2 unspecified atom stereocenters. The molecule has 6 rings (SSSR count). The lowest BCUT2D eigenvalue weighted by Gasteiger charge is -2.22. The van der Waals surface area contributed by atoms with Crippen LogP contribution < -0.4 is 0 Å². The summed E-state index contributed by atoms with van der Waals surface area (Å²) in [6, 6.07) is 27.5. The molecule has 0 saturated carbocycles. The minimum atomic E-state index is 0.224. The Balaban J connectivity index is 1.36. The van der Waals surface area contributed by atoms with Gasteiger partial charge in [0.15, 0.2) is 0 Å². The Morgan fingerprint density at radius 1 is 0.829 bits per heavy atom. The van der Waals surface area contributed by atoms with E-state index in [0.29, 0.717) is 17.2 Å². The molecule has 2 aliphatic rings. The van der Waals surface area contributed by atoms with E-state index in [1.165, 1.54) is 11.1 Å². The average molecular weight is 451 g/mol. The first-order chi connectivity index (χ1) is 17.2. The molecule has 3 aromatic carbocycles. The molecule has 0 N–H and O–H groups in total. The van der Waals surface area contributed by atoms with Crippen molar-refractivity contribution in [3.8, 4) is 17.8 Å². The van der Waals surface area contributed by atoms with Crippen molar-refractivity contribution in [1.82, 2.24) is 4.57 Å². The highest BCUT2D eigenvalue weighted by Crippen LogP contribution is 2.35. The van der Waals surface area contributed by atoms with Crippen LogP contribution >= 0.6 is 0 Å². The molecule has 0 amide bonds. The number of nitriles is 2. The van der Waals surface area contributed by atoms with Crippen LogP contribution in [0.25, 0.3) is 27.5 Å². The van der Waals surface area contributed by atoms with Gasteiger partial charge in [0.2, 0.25) is 0 Å². The number of para-hydroxylation sites is 1. The monoisotopic (exact) mass is 450 g/mol. The first kappa shape index (κ1) is 20.9. The zero-order valence-corrected chi connectivity index (χ0v) is 19.1. The molecule has 2 atom stereocenters. The van der Waals surface area contributed by atoms with Gasteiger partial charge >= 0.3 is 0 Å². The molecule has 35 heavy (non-hydrogen) atoms. The van der Waals surface area contributed by atoms with Crippen molar-refractivity contribution in [2.75, 3.05) is 0 Å². The van der Waals surface area contributed by atoms with Crippen LogP contribution in [0.3, 0.4) is 0 Å². The molecule has 1 aliphatic heterocycles. The lowest BCUT2D eigenvalue weighted by atomic mass is 9.84. The molecule has 0 bridgehead atoms. The molecule has 1 aromatic heterocycles. The van der Waals surface area contributed by atoms with Gasteiger partial charge in [0, 0.05) is 34.5 Å². The van der Waals surface area contributed by atoms with Gasteiger partial charge in [-0.3, -0.25) is 4.99 Å². The Labute approximate surface area is 204 Å². The molecule has 2 heterocycles. The number of allylic oxidation sites excluding steroid dienone is 6. The summed E-state index contributed by atoms with van der Waals surface area (Å²) in [5.74, 6) is 0.523. The smallest absolute Gasteiger partial charge is 0.136 e. The van der Waals surface area contributed by atoms with Gasteiger partial charge in [-0.2, -0.15) is 10.5 Å². The van der Waals surface area contributed by atoms with Crippen LogP contribution in [-0.2, 0) is 0 Å². The number of aliphatic imine (C=N–C) groups is 1. The fourth-order valence-electron chi connectivity index (χ4n) is 5.24. The van der Waals surface area contributed by atoms with Crippen LogP contribution in [-0.4, -0.2) is 10.8 Å². The fourth-order valence-corrected chi connectivity index (χ4v) is 5.24. The number of nitrogens with zero attached hydrogens (tertiary/aromatic N) is 4. The predicted molar refractivity (Wildman–Crippen MR) is 140 cm³/mol. The second-order valence-corrected chi connectivity index (χ2v) is 9.01. The van der Waals surface area contributed by atoms with E-state index in [-0.39, 0.29) is 5.92 Å². The molecule has 0 spiro atoms. The second kappa shape index (κ2) is 8.60. The van der Waals surface area contributed by atoms with Gasteiger partial charge in [-0.05, 0) is 66.5 Å². The SMILES string of the molecule is N#CC1=CC(C2=CCC(c3cccc(-n4c5ccccc5c5cc(C#N)ccc54)c3)C=C2)CC=N1. The van der Waals surface area contributed by atoms with Crippen LogP contribution in [0.2, 0.25) is 0 Å². The summed E-state index contributed by atoms with van der Waals surface area (Å²) in [6.07, 6.45) is 12.4. The normalized spacial score (nSPS) is 19.3. The van der Waals surface area contributed by atoms with Gasteiger partial charge in [-0.1, -0.05) is 48.6 Å². The summed E-state index contributed by atoms with van der Waals surface area (Å²) in [5, 5.41) is 20.8. The summed E-state index contributed by atoms with van der Waals surface area (Å²) >= 11 is 0. The summed E-state index contributed by atoms with van der Waals surface area (Å²) in [4.78, 5) is 4.15. The standard InChI is InChI=1S/C31H22N4/c32-19-21-8-13-31-29(16-21)28-6-1-2-7-30(28)35(31)27-5-3-4-24(18-27)22-9-11-23(12-10-22)25-14-15-34-26(17-25)20-33/h1-9,11-13,15-18,22,25H,10,14H2. The Bertz CT molecular complexity index is 1680. The van der Waals surface area contributed by atoms with Crippen LogP contribution in [0, 0.1) is 28.6 Å². The molecule has 4 heteroatoms. The zero-order valence-electron chi connectivity index (χ0n) is 19.1. The van der Waals surface area contributed by atoms with Gasteiger partial charge < -0.3 is 4.57 Å². The topological polar surface area (TPSA) is 64.9 Å². The van der Waals surface area contributed by atoms with Crippen molar-refractivity contribution < 1.29 is 0 Å². The van der Waals surface area contributed by atoms with Crippen molar-refractivity contribution in [2.45, 2.75) is 18.8 Å². The molecular weight excluding hydrogens is 428 g/mol.